The Morgan fingerprint density at radius 3 is 3.04 bits per heavy atom. The van der Waals surface area contributed by atoms with E-state index in [1.807, 2.05) is 24.4 Å². The fourth-order valence-corrected chi connectivity index (χ4v) is 4.10. The Morgan fingerprint density at radius 1 is 1.22 bits per heavy atom. The van der Waals surface area contributed by atoms with E-state index >= 15 is 0 Å². The molecule has 1 N–H and O–H groups in total. The van der Waals surface area contributed by atoms with E-state index in [2.05, 4.69) is 21.3 Å². The molecule has 7 heteroatoms. The van der Waals surface area contributed by atoms with Crippen molar-refractivity contribution < 1.29 is 19.0 Å². The lowest BCUT2D eigenvalue weighted by Gasteiger charge is -2.32. The van der Waals surface area contributed by atoms with Gasteiger partial charge in [-0.25, -0.2) is 0 Å². The smallest absolute Gasteiger partial charge is 0.231 e. The van der Waals surface area contributed by atoms with Crippen molar-refractivity contribution in [2.45, 2.75) is 25.2 Å². The molecular weight excluding hydrogens is 346 g/mol. The van der Waals surface area contributed by atoms with Gasteiger partial charge >= 0.3 is 0 Å². The molecule has 1 aromatic heterocycles. The maximum Gasteiger partial charge on any atom is 0.231 e. The van der Waals surface area contributed by atoms with Gasteiger partial charge in [0.05, 0.1) is 18.1 Å². The number of benzene rings is 1. The molecule has 3 aliphatic heterocycles. The molecule has 27 heavy (non-hydrogen) atoms. The van der Waals surface area contributed by atoms with Crippen LogP contribution in [0.25, 0.3) is 0 Å². The van der Waals surface area contributed by atoms with Crippen molar-refractivity contribution in [1.29, 1.82) is 0 Å². The van der Waals surface area contributed by atoms with Crippen molar-refractivity contribution in [3.63, 3.8) is 0 Å². The molecule has 2 saturated heterocycles. The zero-order valence-electron chi connectivity index (χ0n) is 14.8. The van der Waals surface area contributed by atoms with Crippen molar-refractivity contribution in [2.24, 2.45) is 5.92 Å². The Morgan fingerprint density at radius 2 is 2.15 bits per heavy atom. The van der Waals surface area contributed by atoms with Crippen LogP contribution >= 0.6 is 0 Å². The second-order valence-electron chi connectivity index (χ2n) is 7.25. The van der Waals surface area contributed by atoms with Crippen molar-refractivity contribution in [3.8, 4) is 11.5 Å². The number of rotatable bonds is 4. The Bertz CT molecular complexity index is 844. The van der Waals surface area contributed by atoms with Crippen LogP contribution < -0.4 is 14.8 Å². The van der Waals surface area contributed by atoms with E-state index in [1.54, 1.807) is 12.3 Å². The lowest BCUT2D eigenvalue weighted by Crippen LogP contribution is -2.44. The summed E-state index contributed by atoms with van der Waals surface area (Å²) in [7, 11) is 0. The third kappa shape index (κ3) is 3.36. The largest absolute Gasteiger partial charge is 0.454 e. The summed E-state index contributed by atoms with van der Waals surface area (Å²) in [6, 6.07) is 9.48. The minimum absolute atomic E-state index is 0.00425. The number of ether oxygens (including phenoxy) is 3. The molecule has 0 spiro atoms. The summed E-state index contributed by atoms with van der Waals surface area (Å²) in [6.45, 7) is 2.66. The fourth-order valence-electron chi connectivity index (χ4n) is 4.10. The highest BCUT2D eigenvalue weighted by Crippen LogP contribution is 2.36. The molecule has 0 radical (unpaired) electrons. The summed E-state index contributed by atoms with van der Waals surface area (Å²) >= 11 is 0. The van der Waals surface area contributed by atoms with Gasteiger partial charge in [-0.15, -0.1) is 0 Å². The average molecular weight is 367 g/mol. The molecule has 2 fully saturated rings. The van der Waals surface area contributed by atoms with Gasteiger partial charge in [-0.2, -0.15) is 0 Å². The summed E-state index contributed by atoms with van der Waals surface area (Å²) in [4.78, 5) is 19.4. The van der Waals surface area contributed by atoms with Crippen LogP contribution in [-0.4, -0.2) is 47.9 Å². The van der Waals surface area contributed by atoms with Crippen LogP contribution in [0.15, 0.2) is 42.7 Å². The predicted molar refractivity (Wildman–Crippen MR) is 97.5 cm³/mol. The Hall–Kier alpha value is -2.64. The number of hydrogen-bond acceptors (Lipinski definition) is 6. The lowest BCUT2D eigenvalue weighted by molar-refractivity contribution is -0.123. The number of nitrogens with zero attached hydrogens (tertiary/aromatic N) is 2. The summed E-state index contributed by atoms with van der Waals surface area (Å²) in [5.41, 5.74) is 1.90. The zero-order valence-corrected chi connectivity index (χ0v) is 14.8. The van der Waals surface area contributed by atoms with Crippen LogP contribution in [0.5, 0.6) is 11.5 Å². The molecule has 0 unspecified atom stereocenters. The molecule has 0 aliphatic carbocycles. The number of carbonyl (C=O) groups excluding carboxylic acids is 1. The normalized spacial score (nSPS) is 26.1. The van der Waals surface area contributed by atoms with Gasteiger partial charge in [-0.05, 0) is 30.2 Å². The first kappa shape index (κ1) is 16.5. The van der Waals surface area contributed by atoms with Gasteiger partial charge in [0.1, 0.15) is 0 Å². The van der Waals surface area contributed by atoms with Crippen molar-refractivity contribution in [2.75, 3.05) is 25.2 Å². The van der Waals surface area contributed by atoms with Crippen molar-refractivity contribution in [3.05, 3.63) is 48.3 Å². The standard InChI is InChI=1S/C20H21N3O4/c24-20(22-14-3-4-17-18(6-14)26-12-25-17)16-7-15-10-23(11-19(16)27-15)9-13-2-1-5-21-8-13/h1-6,8,15-16,19H,7,9-12H2,(H,22,24)/t15-,16+,19-/m0/s1. The number of fused-ring (bicyclic) bond motifs is 3. The summed E-state index contributed by atoms with van der Waals surface area (Å²) in [5, 5.41) is 3.01. The summed E-state index contributed by atoms with van der Waals surface area (Å²) in [6.07, 6.45) is 4.46. The molecule has 7 nitrogen and oxygen atoms in total. The number of hydrogen-bond donors (Lipinski definition) is 1. The fraction of sp³-hybridized carbons (Fsp3) is 0.400. The highest BCUT2D eigenvalue weighted by molar-refractivity contribution is 5.93. The highest BCUT2D eigenvalue weighted by atomic mass is 16.7. The van der Waals surface area contributed by atoms with E-state index < -0.39 is 0 Å². The van der Waals surface area contributed by atoms with Crippen LogP contribution in [0.1, 0.15) is 12.0 Å². The average Bonchev–Trinajstić information content (AvgIpc) is 3.26. The van der Waals surface area contributed by atoms with Gasteiger partial charge in [-0.3, -0.25) is 14.7 Å². The minimum atomic E-state index is -0.140. The number of anilines is 1. The molecular formula is C20H21N3O4. The molecule has 2 aromatic rings. The van der Waals surface area contributed by atoms with Gasteiger partial charge < -0.3 is 19.5 Å². The quantitative estimate of drug-likeness (QED) is 0.892. The number of likely N-dealkylation sites (tertiary alicyclic amines) is 1. The van der Waals surface area contributed by atoms with Crippen LogP contribution in [0.4, 0.5) is 5.69 Å². The second-order valence-corrected chi connectivity index (χ2v) is 7.25. The lowest BCUT2D eigenvalue weighted by atomic mass is 9.99. The van der Waals surface area contributed by atoms with E-state index in [-0.39, 0.29) is 30.8 Å². The number of nitrogens with one attached hydrogen (secondary N) is 1. The number of morpholine rings is 1. The van der Waals surface area contributed by atoms with Crippen LogP contribution in [0.2, 0.25) is 0 Å². The maximum absolute atomic E-state index is 12.8. The zero-order chi connectivity index (χ0) is 18.2. The molecule has 1 amide bonds. The van der Waals surface area contributed by atoms with Gasteiger partial charge in [0, 0.05) is 43.8 Å². The van der Waals surface area contributed by atoms with E-state index in [0.717, 1.165) is 31.7 Å². The molecule has 4 heterocycles. The summed E-state index contributed by atoms with van der Waals surface area (Å²) in [5.74, 6) is 1.24. The van der Waals surface area contributed by atoms with E-state index in [1.165, 1.54) is 5.56 Å². The van der Waals surface area contributed by atoms with Crippen LogP contribution in [-0.2, 0) is 16.1 Å². The first-order chi connectivity index (χ1) is 13.2. The van der Waals surface area contributed by atoms with Crippen LogP contribution in [0.3, 0.4) is 0 Å². The number of pyridine rings is 1. The third-order valence-electron chi connectivity index (χ3n) is 5.34. The Labute approximate surface area is 157 Å². The predicted octanol–water partition coefficient (Wildman–Crippen LogP) is 2.04. The topological polar surface area (TPSA) is 72.9 Å². The molecule has 2 bridgehead atoms. The summed E-state index contributed by atoms with van der Waals surface area (Å²) < 4.78 is 16.7. The highest BCUT2D eigenvalue weighted by Gasteiger charge is 2.44. The Balaban J connectivity index is 1.23. The molecule has 1 aromatic carbocycles. The maximum atomic E-state index is 12.8. The first-order valence-corrected chi connectivity index (χ1v) is 9.22. The molecule has 3 atom stereocenters. The van der Waals surface area contributed by atoms with Crippen LogP contribution in [0, 0.1) is 5.92 Å². The second kappa shape index (κ2) is 6.83. The van der Waals surface area contributed by atoms with E-state index in [9.17, 15) is 4.79 Å². The number of carbonyl (C=O) groups is 1. The van der Waals surface area contributed by atoms with Gasteiger partial charge in [0.2, 0.25) is 12.7 Å². The minimum Gasteiger partial charge on any atom is -0.454 e. The first-order valence-electron chi connectivity index (χ1n) is 9.22. The van der Waals surface area contributed by atoms with Gasteiger partial charge in [0.15, 0.2) is 11.5 Å². The van der Waals surface area contributed by atoms with Crippen molar-refractivity contribution in [1.82, 2.24) is 9.88 Å². The SMILES string of the molecule is O=C(Nc1ccc2c(c1)OCO2)[C@@H]1C[C@H]2CN(Cc3cccnc3)C[C@@H]1O2. The van der Waals surface area contributed by atoms with Crippen molar-refractivity contribution >= 4 is 11.6 Å². The number of aromatic nitrogens is 1. The molecule has 140 valence electrons. The van der Waals surface area contributed by atoms with E-state index in [0.29, 0.717) is 11.5 Å². The van der Waals surface area contributed by atoms with Gasteiger partial charge in [0.25, 0.3) is 0 Å². The van der Waals surface area contributed by atoms with E-state index in [4.69, 9.17) is 14.2 Å². The molecule has 0 saturated carbocycles. The molecule has 5 rings (SSSR count). The third-order valence-corrected chi connectivity index (χ3v) is 5.34. The molecule has 3 aliphatic rings. The van der Waals surface area contributed by atoms with Gasteiger partial charge in [-0.1, -0.05) is 6.07 Å². The monoisotopic (exact) mass is 367 g/mol. The number of amides is 1. The Kier molecular flexibility index (Phi) is 4.18.